The van der Waals surface area contributed by atoms with Gasteiger partial charge in [0, 0.05) is 10.9 Å². The molecule has 13 heavy (non-hydrogen) atoms. The first-order valence-electron chi connectivity index (χ1n) is 4.28. The Morgan fingerprint density at radius 3 is 2.92 bits per heavy atom. The van der Waals surface area contributed by atoms with Gasteiger partial charge in [-0.3, -0.25) is 0 Å². The van der Waals surface area contributed by atoms with Crippen LogP contribution in [0.2, 0.25) is 0 Å². The van der Waals surface area contributed by atoms with Crippen LogP contribution in [0.15, 0.2) is 24.3 Å². The Balaban J connectivity index is 1.99. The van der Waals surface area contributed by atoms with E-state index in [2.05, 4.69) is 22.0 Å². The van der Waals surface area contributed by atoms with Crippen molar-refractivity contribution in [3.63, 3.8) is 0 Å². The number of hydrogen-bond donors (Lipinski definition) is 0. The van der Waals surface area contributed by atoms with Gasteiger partial charge in [-0.15, -0.1) is 0 Å². The van der Waals surface area contributed by atoms with Crippen molar-refractivity contribution in [3.05, 3.63) is 29.8 Å². The summed E-state index contributed by atoms with van der Waals surface area (Å²) in [6, 6.07) is 8.03. The van der Waals surface area contributed by atoms with Crippen LogP contribution in [0.5, 0.6) is 5.75 Å². The fraction of sp³-hybridized carbons (Fsp3) is 0.400. The third-order valence-corrected chi connectivity index (χ3v) is 2.55. The van der Waals surface area contributed by atoms with Crippen LogP contribution in [0.1, 0.15) is 5.56 Å². The molecule has 1 aliphatic rings. The summed E-state index contributed by atoms with van der Waals surface area (Å²) in [6.45, 7) is 1.51. The smallest absolute Gasteiger partial charge is 0.123 e. The average molecular weight is 243 g/mol. The molecule has 0 radical (unpaired) electrons. The van der Waals surface area contributed by atoms with Crippen molar-refractivity contribution >= 4 is 15.9 Å². The maximum atomic E-state index is 5.60. The molecular weight excluding hydrogens is 232 g/mol. The summed E-state index contributed by atoms with van der Waals surface area (Å²) >= 11 is 3.42. The van der Waals surface area contributed by atoms with Crippen LogP contribution in [0, 0.1) is 0 Å². The molecule has 0 N–H and O–H groups in total. The molecule has 1 aromatic rings. The number of epoxide rings is 1. The molecular formula is C10H11BrO2. The van der Waals surface area contributed by atoms with Crippen LogP contribution >= 0.6 is 15.9 Å². The van der Waals surface area contributed by atoms with Crippen LogP contribution in [0.3, 0.4) is 0 Å². The normalized spacial score (nSPS) is 19.9. The molecule has 1 fully saturated rings. The number of rotatable bonds is 4. The third kappa shape index (κ3) is 2.45. The van der Waals surface area contributed by atoms with Gasteiger partial charge < -0.3 is 9.47 Å². The van der Waals surface area contributed by atoms with E-state index in [1.165, 1.54) is 5.56 Å². The molecule has 2 nitrogen and oxygen atoms in total. The predicted molar refractivity (Wildman–Crippen MR) is 54.3 cm³/mol. The number of alkyl halides is 1. The van der Waals surface area contributed by atoms with Crippen molar-refractivity contribution in [2.75, 3.05) is 13.2 Å². The maximum absolute atomic E-state index is 5.60. The second kappa shape index (κ2) is 4.11. The summed E-state index contributed by atoms with van der Waals surface area (Å²) in [5.41, 5.74) is 1.18. The molecule has 70 valence electrons. The van der Waals surface area contributed by atoms with Crippen LogP contribution in [-0.2, 0) is 10.1 Å². The Hall–Kier alpha value is -0.540. The van der Waals surface area contributed by atoms with Crippen molar-refractivity contribution in [2.24, 2.45) is 0 Å². The second-order valence-electron chi connectivity index (χ2n) is 3.01. The molecule has 1 atom stereocenters. The predicted octanol–water partition coefficient (Wildman–Crippen LogP) is 2.36. The highest BCUT2D eigenvalue weighted by molar-refractivity contribution is 9.08. The van der Waals surface area contributed by atoms with Crippen molar-refractivity contribution < 1.29 is 9.47 Å². The van der Waals surface area contributed by atoms with Gasteiger partial charge >= 0.3 is 0 Å². The first kappa shape index (κ1) is 9.03. The zero-order valence-electron chi connectivity index (χ0n) is 7.20. The largest absolute Gasteiger partial charge is 0.490 e. The number of benzene rings is 1. The summed E-state index contributed by atoms with van der Waals surface area (Å²) in [5, 5.41) is 0.828. The number of para-hydroxylation sites is 1. The molecule has 0 saturated carbocycles. The Morgan fingerprint density at radius 2 is 2.23 bits per heavy atom. The Bertz CT molecular complexity index is 284. The van der Waals surface area contributed by atoms with E-state index in [-0.39, 0.29) is 0 Å². The van der Waals surface area contributed by atoms with E-state index in [0.717, 1.165) is 17.7 Å². The standard InChI is InChI=1S/C10H11BrO2/c11-5-8-3-1-2-4-10(8)13-7-9-6-12-9/h1-4,9H,5-7H2. The van der Waals surface area contributed by atoms with E-state index >= 15 is 0 Å². The van der Waals surface area contributed by atoms with Crippen molar-refractivity contribution in [1.29, 1.82) is 0 Å². The molecule has 2 rings (SSSR count). The summed E-state index contributed by atoms with van der Waals surface area (Å²) in [5.74, 6) is 0.954. The summed E-state index contributed by atoms with van der Waals surface area (Å²) in [7, 11) is 0. The van der Waals surface area contributed by atoms with Gasteiger partial charge in [0.15, 0.2) is 0 Å². The molecule has 0 amide bonds. The highest BCUT2D eigenvalue weighted by Crippen LogP contribution is 2.21. The molecule has 0 aromatic heterocycles. The lowest BCUT2D eigenvalue weighted by atomic mass is 10.2. The van der Waals surface area contributed by atoms with Crippen molar-refractivity contribution in [2.45, 2.75) is 11.4 Å². The fourth-order valence-electron chi connectivity index (χ4n) is 1.10. The number of hydrogen-bond acceptors (Lipinski definition) is 2. The van der Waals surface area contributed by atoms with E-state index < -0.39 is 0 Å². The molecule has 0 bridgehead atoms. The highest BCUT2D eigenvalue weighted by atomic mass is 79.9. The minimum atomic E-state index is 0.323. The van der Waals surface area contributed by atoms with Crippen LogP contribution in [-0.4, -0.2) is 19.3 Å². The third-order valence-electron chi connectivity index (χ3n) is 1.94. The van der Waals surface area contributed by atoms with E-state index in [0.29, 0.717) is 12.7 Å². The number of halogens is 1. The lowest BCUT2D eigenvalue weighted by Crippen LogP contribution is -2.05. The fourth-order valence-corrected chi connectivity index (χ4v) is 1.57. The van der Waals surface area contributed by atoms with E-state index in [1.807, 2.05) is 18.2 Å². The van der Waals surface area contributed by atoms with Gasteiger partial charge in [0.1, 0.15) is 18.5 Å². The zero-order valence-corrected chi connectivity index (χ0v) is 8.79. The van der Waals surface area contributed by atoms with Crippen LogP contribution in [0.25, 0.3) is 0 Å². The Labute approximate surface area is 86.0 Å². The van der Waals surface area contributed by atoms with Crippen LogP contribution in [0.4, 0.5) is 0 Å². The van der Waals surface area contributed by atoms with Gasteiger partial charge in [0.2, 0.25) is 0 Å². The molecule has 1 aromatic carbocycles. The Morgan fingerprint density at radius 1 is 1.46 bits per heavy atom. The lowest BCUT2D eigenvalue weighted by Gasteiger charge is -2.07. The van der Waals surface area contributed by atoms with Gasteiger partial charge in [0.05, 0.1) is 6.61 Å². The molecule has 1 heterocycles. The topological polar surface area (TPSA) is 21.8 Å². The first-order valence-corrected chi connectivity index (χ1v) is 5.40. The first-order chi connectivity index (χ1) is 6.40. The minimum Gasteiger partial charge on any atom is -0.490 e. The SMILES string of the molecule is BrCc1ccccc1OCC1CO1. The summed E-state index contributed by atoms with van der Waals surface area (Å²) in [4.78, 5) is 0. The maximum Gasteiger partial charge on any atom is 0.123 e. The minimum absolute atomic E-state index is 0.323. The molecule has 1 saturated heterocycles. The summed E-state index contributed by atoms with van der Waals surface area (Å²) in [6.07, 6.45) is 0.323. The molecule has 3 heteroatoms. The quantitative estimate of drug-likeness (QED) is 0.598. The molecule has 1 unspecified atom stereocenters. The average Bonchev–Trinajstić information content (AvgIpc) is 2.99. The van der Waals surface area contributed by atoms with Gasteiger partial charge in [-0.1, -0.05) is 34.1 Å². The van der Waals surface area contributed by atoms with E-state index in [1.54, 1.807) is 0 Å². The van der Waals surface area contributed by atoms with Gasteiger partial charge in [-0.05, 0) is 6.07 Å². The zero-order chi connectivity index (χ0) is 9.10. The highest BCUT2D eigenvalue weighted by Gasteiger charge is 2.23. The van der Waals surface area contributed by atoms with E-state index in [9.17, 15) is 0 Å². The van der Waals surface area contributed by atoms with Crippen LogP contribution < -0.4 is 4.74 Å². The number of ether oxygens (including phenoxy) is 2. The molecule has 1 aliphatic heterocycles. The Kier molecular flexibility index (Phi) is 2.86. The lowest BCUT2D eigenvalue weighted by molar-refractivity contribution is 0.261. The molecule has 0 spiro atoms. The van der Waals surface area contributed by atoms with Gasteiger partial charge in [-0.2, -0.15) is 0 Å². The van der Waals surface area contributed by atoms with E-state index in [4.69, 9.17) is 9.47 Å². The monoisotopic (exact) mass is 242 g/mol. The summed E-state index contributed by atoms with van der Waals surface area (Å²) < 4.78 is 10.7. The second-order valence-corrected chi connectivity index (χ2v) is 3.57. The van der Waals surface area contributed by atoms with Gasteiger partial charge in [-0.25, -0.2) is 0 Å². The van der Waals surface area contributed by atoms with Crippen molar-refractivity contribution in [3.8, 4) is 5.75 Å². The van der Waals surface area contributed by atoms with Gasteiger partial charge in [0.25, 0.3) is 0 Å². The van der Waals surface area contributed by atoms with Crippen molar-refractivity contribution in [1.82, 2.24) is 0 Å². The molecule has 0 aliphatic carbocycles.